The number of likely N-dealkylation sites (N-methyl/N-ethyl adjacent to an activating group) is 1. The third kappa shape index (κ3) is 6.69. The lowest BCUT2D eigenvalue weighted by molar-refractivity contribution is -0.142. The van der Waals surface area contributed by atoms with Crippen LogP contribution in [0.5, 0.6) is 0 Å². The molecule has 5 rings (SSSR count). The van der Waals surface area contributed by atoms with Gasteiger partial charge in [-0.1, -0.05) is 12.1 Å². The molecule has 0 spiro atoms. The van der Waals surface area contributed by atoms with Crippen LogP contribution in [0.25, 0.3) is 10.2 Å². The Labute approximate surface area is 250 Å². The van der Waals surface area contributed by atoms with Gasteiger partial charge in [0.2, 0.25) is 11.8 Å². The molecular formula is C32H40N4O5S. The van der Waals surface area contributed by atoms with Gasteiger partial charge in [-0.05, 0) is 100 Å². The summed E-state index contributed by atoms with van der Waals surface area (Å²) in [6.45, 7) is 4.54. The Morgan fingerprint density at radius 3 is 2.24 bits per heavy atom. The number of carboxylic acids is 1. The molecule has 0 saturated heterocycles. The minimum atomic E-state index is -0.746. The number of carboxylic acid groups (broad SMARTS) is 1. The van der Waals surface area contributed by atoms with Crippen LogP contribution >= 0.6 is 11.3 Å². The molecule has 224 valence electrons. The van der Waals surface area contributed by atoms with Crippen molar-refractivity contribution in [3.63, 3.8) is 0 Å². The van der Waals surface area contributed by atoms with Crippen LogP contribution in [0.4, 0.5) is 5.69 Å². The van der Waals surface area contributed by atoms with E-state index in [0.29, 0.717) is 63.6 Å². The molecule has 2 aliphatic carbocycles. The number of carbonyl (C=O) groups excluding carboxylic acids is 3. The van der Waals surface area contributed by atoms with Crippen molar-refractivity contribution in [3.05, 3.63) is 53.0 Å². The van der Waals surface area contributed by atoms with E-state index >= 15 is 0 Å². The Hall–Kier alpha value is -3.66. The SMILES string of the molecule is CCN(C(=O)Cn1c(C(=O)NC2CCC(C(=O)NC3CCC(C(=O)O)CC3)CC2)cc2sccc21)c1cccc(C)c1. The molecule has 0 bridgehead atoms. The summed E-state index contributed by atoms with van der Waals surface area (Å²) >= 11 is 1.55. The summed E-state index contributed by atoms with van der Waals surface area (Å²) in [5.41, 5.74) is 3.27. The van der Waals surface area contributed by atoms with Crippen molar-refractivity contribution in [1.82, 2.24) is 15.2 Å². The summed E-state index contributed by atoms with van der Waals surface area (Å²) in [7, 11) is 0. The Bertz CT molecular complexity index is 1450. The minimum Gasteiger partial charge on any atom is -0.481 e. The van der Waals surface area contributed by atoms with Crippen LogP contribution in [0.2, 0.25) is 0 Å². The number of nitrogens with one attached hydrogen (secondary N) is 2. The second-order valence-electron chi connectivity index (χ2n) is 11.7. The molecule has 2 heterocycles. The summed E-state index contributed by atoms with van der Waals surface area (Å²) < 4.78 is 2.78. The monoisotopic (exact) mass is 592 g/mol. The zero-order valence-electron chi connectivity index (χ0n) is 24.3. The highest BCUT2D eigenvalue weighted by Gasteiger charge is 2.32. The van der Waals surface area contributed by atoms with Crippen LogP contribution in [-0.2, 0) is 20.9 Å². The maximum Gasteiger partial charge on any atom is 0.306 e. The van der Waals surface area contributed by atoms with Gasteiger partial charge in [0, 0.05) is 30.2 Å². The highest BCUT2D eigenvalue weighted by atomic mass is 32.1. The molecule has 2 fully saturated rings. The normalized spacial score (nSPS) is 22.4. The number of aromatic nitrogens is 1. The number of amides is 3. The molecule has 1 aromatic carbocycles. The van der Waals surface area contributed by atoms with Gasteiger partial charge in [0.1, 0.15) is 12.2 Å². The highest BCUT2D eigenvalue weighted by Crippen LogP contribution is 2.29. The molecular weight excluding hydrogens is 552 g/mol. The third-order valence-electron chi connectivity index (χ3n) is 8.84. The zero-order valence-corrected chi connectivity index (χ0v) is 25.1. The van der Waals surface area contributed by atoms with Crippen molar-refractivity contribution < 1.29 is 24.3 Å². The van der Waals surface area contributed by atoms with E-state index in [1.165, 1.54) is 0 Å². The summed E-state index contributed by atoms with van der Waals surface area (Å²) in [5.74, 6) is -1.38. The van der Waals surface area contributed by atoms with E-state index in [1.54, 1.807) is 16.2 Å². The fraction of sp³-hybridized carbons (Fsp3) is 0.500. The predicted molar refractivity (Wildman–Crippen MR) is 164 cm³/mol. The number of rotatable bonds is 9. The molecule has 42 heavy (non-hydrogen) atoms. The van der Waals surface area contributed by atoms with E-state index in [1.807, 2.05) is 60.2 Å². The molecule has 0 atom stereocenters. The average molecular weight is 593 g/mol. The van der Waals surface area contributed by atoms with Crippen LogP contribution in [0.1, 0.15) is 74.3 Å². The standard InChI is InChI=1S/C32H40N4O5S/c1-3-35(25-6-4-5-20(2)17-25)29(37)19-36-26-15-16-42-28(26)18-27(36)31(39)34-24-11-7-21(8-12-24)30(38)33-23-13-9-22(10-14-23)32(40)41/h4-6,15-18,21-24H,3,7-14,19H2,1-2H3,(H,33,38)(H,34,39)(H,40,41). The number of aliphatic carboxylic acids is 1. The van der Waals surface area contributed by atoms with Crippen LogP contribution in [0.3, 0.4) is 0 Å². The minimum absolute atomic E-state index is 0.0379. The first kappa shape index (κ1) is 29.8. The van der Waals surface area contributed by atoms with E-state index < -0.39 is 5.97 Å². The maximum atomic E-state index is 13.5. The molecule has 2 saturated carbocycles. The fourth-order valence-corrected chi connectivity index (χ4v) is 7.24. The lowest BCUT2D eigenvalue weighted by Crippen LogP contribution is -2.45. The number of fused-ring (bicyclic) bond motifs is 1. The van der Waals surface area contributed by atoms with Crippen molar-refractivity contribution in [2.24, 2.45) is 11.8 Å². The number of carbonyl (C=O) groups is 4. The Kier molecular flexibility index (Phi) is 9.30. The molecule has 3 aromatic rings. The van der Waals surface area contributed by atoms with Crippen molar-refractivity contribution in [3.8, 4) is 0 Å². The maximum absolute atomic E-state index is 13.5. The largest absolute Gasteiger partial charge is 0.481 e. The van der Waals surface area contributed by atoms with E-state index in [0.717, 1.165) is 21.5 Å². The van der Waals surface area contributed by atoms with E-state index in [2.05, 4.69) is 10.6 Å². The summed E-state index contributed by atoms with van der Waals surface area (Å²) in [6.07, 6.45) is 5.42. The molecule has 0 unspecified atom stereocenters. The highest BCUT2D eigenvalue weighted by molar-refractivity contribution is 7.17. The Morgan fingerprint density at radius 1 is 0.929 bits per heavy atom. The van der Waals surface area contributed by atoms with Gasteiger partial charge >= 0.3 is 5.97 Å². The number of nitrogens with zero attached hydrogens (tertiary/aromatic N) is 2. The molecule has 3 amide bonds. The molecule has 0 radical (unpaired) electrons. The van der Waals surface area contributed by atoms with Crippen molar-refractivity contribution >= 4 is 50.9 Å². The first-order valence-corrected chi connectivity index (χ1v) is 15.9. The van der Waals surface area contributed by atoms with Gasteiger partial charge in [-0.15, -0.1) is 11.3 Å². The van der Waals surface area contributed by atoms with Crippen LogP contribution in [-0.4, -0.2) is 52.0 Å². The topological polar surface area (TPSA) is 121 Å². The second-order valence-corrected chi connectivity index (χ2v) is 12.6. The lowest BCUT2D eigenvalue weighted by atomic mass is 9.83. The van der Waals surface area contributed by atoms with E-state index in [4.69, 9.17) is 0 Å². The van der Waals surface area contributed by atoms with E-state index in [9.17, 15) is 24.3 Å². The summed E-state index contributed by atoms with van der Waals surface area (Å²) in [6, 6.07) is 11.7. The van der Waals surface area contributed by atoms with Gasteiger partial charge in [0.15, 0.2) is 0 Å². The van der Waals surface area contributed by atoms with Gasteiger partial charge in [-0.2, -0.15) is 0 Å². The van der Waals surface area contributed by atoms with Gasteiger partial charge < -0.3 is 25.2 Å². The van der Waals surface area contributed by atoms with Crippen LogP contribution < -0.4 is 15.5 Å². The number of aryl methyl sites for hydroxylation is 1. The molecule has 2 aliphatic rings. The third-order valence-corrected chi connectivity index (χ3v) is 9.69. The number of hydrogen-bond acceptors (Lipinski definition) is 5. The van der Waals surface area contributed by atoms with Gasteiger partial charge in [-0.25, -0.2) is 0 Å². The van der Waals surface area contributed by atoms with Gasteiger partial charge in [0.05, 0.1) is 16.1 Å². The van der Waals surface area contributed by atoms with Gasteiger partial charge in [-0.3, -0.25) is 19.2 Å². The summed E-state index contributed by atoms with van der Waals surface area (Å²) in [4.78, 5) is 52.8. The lowest BCUT2D eigenvalue weighted by Gasteiger charge is -2.31. The van der Waals surface area contributed by atoms with Crippen molar-refractivity contribution in [1.29, 1.82) is 0 Å². The summed E-state index contributed by atoms with van der Waals surface area (Å²) in [5, 5.41) is 17.5. The van der Waals surface area contributed by atoms with Crippen molar-refractivity contribution in [2.45, 2.75) is 83.8 Å². The Morgan fingerprint density at radius 2 is 1.60 bits per heavy atom. The average Bonchev–Trinajstić information content (AvgIpc) is 3.57. The zero-order chi connectivity index (χ0) is 29.8. The second kappa shape index (κ2) is 13.1. The fourth-order valence-electron chi connectivity index (χ4n) is 6.42. The first-order chi connectivity index (χ1) is 20.2. The number of benzene rings is 1. The number of hydrogen-bond donors (Lipinski definition) is 3. The number of thiophene rings is 1. The van der Waals surface area contributed by atoms with Crippen LogP contribution in [0, 0.1) is 18.8 Å². The smallest absolute Gasteiger partial charge is 0.306 e. The molecule has 2 aromatic heterocycles. The Balaban J connectivity index is 1.18. The first-order valence-electron chi connectivity index (χ1n) is 15.0. The number of anilines is 1. The molecule has 3 N–H and O–H groups in total. The van der Waals surface area contributed by atoms with E-state index in [-0.39, 0.29) is 48.2 Å². The quantitative estimate of drug-likeness (QED) is 0.319. The molecule has 10 heteroatoms. The molecule has 9 nitrogen and oxygen atoms in total. The molecule has 0 aliphatic heterocycles. The van der Waals surface area contributed by atoms with Gasteiger partial charge in [0.25, 0.3) is 5.91 Å². The predicted octanol–water partition coefficient (Wildman–Crippen LogP) is 5.11. The van der Waals surface area contributed by atoms with Crippen molar-refractivity contribution in [2.75, 3.05) is 11.4 Å². The van der Waals surface area contributed by atoms with Crippen LogP contribution in [0.15, 0.2) is 41.8 Å².